The van der Waals surface area contributed by atoms with Crippen molar-refractivity contribution in [3.63, 3.8) is 0 Å². The first-order valence-corrected chi connectivity index (χ1v) is 5.97. The van der Waals surface area contributed by atoms with Crippen LogP contribution in [-0.4, -0.2) is 0 Å². The van der Waals surface area contributed by atoms with Crippen LogP contribution < -0.4 is 0 Å². The summed E-state index contributed by atoms with van der Waals surface area (Å²) < 4.78 is 0. The Morgan fingerprint density at radius 1 is 1.20 bits per heavy atom. The normalized spacial score (nSPS) is 12.3. The number of allylic oxidation sites excluding steroid dienone is 1. The molecule has 0 spiro atoms. The molecule has 82 valence electrons. The highest BCUT2D eigenvalue weighted by molar-refractivity contribution is 5.14. The molecule has 1 aromatic rings. The van der Waals surface area contributed by atoms with E-state index < -0.39 is 0 Å². The third kappa shape index (κ3) is 5.41. The molecule has 0 aliphatic carbocycles. The molecule has 0 N–H and O–H groups in total. The Balaban J connectivity index is 2.16. The maximum absolute atomic E-state index is 3.75. The van der Waals surface area contributed by atoms with Crippen LogP contribution in [0.25, 0.3) is 0 Å². The van der Waals surface area contributed by atoms with E-state index in [4.69, 9.17) is 0 Å². The van der Waals surface area contributed by atoms with Crippen molar-refractivity contribution < 1.29 is 0 Å². The van der Waals surface area contributed by atoms with Crippen molar-refractivity contribution in [1.82, 2.24) is 0 Å². The van der Waals surface area contributed by atoms with Crippen molar-refractivity contribution in [3.8, 4) is 0 Å². The Morgan fingerprint density at radius 3 is 2.60 bits per heavy atom. The number of unbranched alkanes of at least 4 members (excludes halogenated alkanes) is 1. The second-order valence-electron chi connectivity index (χ2n) is 4.35. The van der Waals surface area contributed by atoms with Crippen molar-refractivity contribution in [2.24, 2.45) is 5.92 Å². The van der Waals surface area contributed by atoms with E-state index in [-0.39, 0.29) is 0 Å². The standard InChI is InChI=1S/C15H22/c1-3-4-6-9-14(2)12-13-15-10-7-5-8-11-15/h3,5,7-8,10-11,14H,1,4,6,9,12-13H2,2H3/t14-/m1/s1. The first-order chi connectivity index (χ1) is 7.33. The molecular formula is C15H22. The van der Waals surface area contributed by atoms with Gasteiger partial charge in [0.2, 0.25) is 0 Å². The maximum atomic E-state index is 3.75. The Morgan fingerprint density at radius 2 is 1.93 bits per heavy atom. The molecule has 0 saturated heterocycles. The van der Waals surface area contributed by atoms with Gasteiger partial charge in [0.15, 0.2) is 0 Å². The summed E-state index contributed by atoms with van der Waals surface area (Å²) in [4.78, 5) is 0. The molecule has 0 aliphatic heterocycles. The van der Waals surface area contributed by atoms with Gasteiger partial charge in [-0.3, -0.25) is 0 Å². The van der Waals surface area contributed by atoms with Gasteiger partial charge in [-0.05, 0) is 37.2 Å². The predicted molar refractivity (Wildman–Crippen MR) is 68.0 cm³/mol. The Kier molecular flexibility index (Phi) is 5.84. The van der Waals surface area contributed by atoms with Crippen LogP contribution in [0, 0.1) is 5.92 Å². The SMILES string of the molecule is C=CCCC[C@@H](C)CCc1ccccc1. The van der Waals surface area contributed by atoms with Crippen LogP contribution in [0.4, 0.5) is 0 Å². The lowest BCUT2D eigenvalue weighted by molar-refractivity contribution is 0.477. The van der Waals surface area contributed by atoms with Crippen molar-refractivity contribution in [3.05, 3.63) is 48.6 Å². The number of benzene rings is 1. The van der Waals surface area contributed by atoms with Crippen LogP contribution in [0.3, 0.4) is 0 Å². The molecule has 0 bridgehead atoms. The molecule has 0 aliphatic rings. The predicted octanol–water partition coefficient (Wildman–Crippen LogP) is 4.61. The maximum Gasteiger partial charge on any atom is -0.0276 e. The fourth-order valence-corrected chi connectivity index (χ4v) is 1.81. The van der Waals surface area contributed by atoms with Gasteiger partial charge in [0.05, 0.1) is 0 Å². The molecule has 15 heavy (non-hydrogen) atoms. The number of rotatable bonds is 7. The zero-order valence-electron chi connectivity index (χ0n) is 9.78. The van der Waals surface area contributed by atoms with Crippen LogP contribution in [0.2, 0.25) is 0 Å². The van der Waals surface area contributed by atoms with E-state index in [1.807, 2.05) is 6.08 Å². The van der Waals surface area contributed by atoms with Gasteiger partial charge in [-0.1, -0.05) is 49.8 Å². The van der Waals surface area contributed by atoms with Gasteiger partial charge in [-0.2, -0.15) is 0 Å². The molecule has 0 amide bonds. The quantitative estimate of drug-likeness (QED) is 0.447. The van der Waals surface area contributed by atoms with Crippen molar-refractivity contribution >= 4 is 0 Å². The first-order valence-electron chi connectivity index (χ1n) is 5.97. The van der Waals surface area contributed by atoms with Crippen LogP contribution in [-0.2, 0) is 6.42 Å². The third-order valence-corrected chi connectivity index (χ3v) is 2.87. The molecule has 1 aromatic carbocycles. The molecule has 0 heterocycles. The lowest BCUT2D eigenvalue weighted by Crippen LogP contribution is -1.97. The summed E-state index contributed by atoms with van der Waals surface area (Å²) in [5.41, 5.74) is 1.47. The smallest absolute Gasteiger partial charge is 0.0276 e. The summed E-state index contributed by atoms with van der Waals surface area (Å²) in [5.74, 6) is 0.838. The fraction of sp³-hybridized carbons (Fsp3) is 0.467. The molecule has 1 rings (SSSR count). The largest absolute Gasteiger partial charge is 0.103 e. The minimum absolute atomic E-state index is 0.838. The van der Waals surface area contributed by atoms with Crippen LogP contribution in [0.15, 0.2) is 43.0 Å². The molecule has 0 nitrogen and oxygen atoms in total. The van der Waals surface area contributed by atoms with Gasteiger partial charge in [-0.15, -0.1) is 6.58 Å². The summed E-state index contributed by atoms with van der Waals surface area (Å²) >= 11 is 0. The third-order valence-electron chi connectivity index (χ3n) is 2.87. The summed E-state index contributed by atoms with van der Waals surface area (Å²) in [6.07, 6.45) is 8.33. The molecule has 1 atom stereocenters. The lowest BCUT2D eigenvalue weighted by Gasteiger charge is -2.10. The van der Waals surface area contributed by atoms with Gasteiger partial charge in [0.25, 0.3) is 0 Å². The number of hydrogen-bond acceptors (Lipinski definition) is 0. The molecular weight excluding hydrogens is 180 g/mol. The second-order valence-corrected chi connectivity index (χ2v) is 4.35. The number of hydrogen-bond donors (Lipinski definition) is 0. The van der Waals surface area contributed by atoms with Crippen molar-refractivity contribution in [1.29, 1.82) is 0 Å². The van der Waals surface area contributed by atoms with E-state index in [1.54, 1.807) is 0 Å². The van der Waals surface area contributed by atoms with E-state index in [2.05, 4.69) is 43.8 Å². The van der Waals surface area contributed by atoms with Crippen LogP contribution in [0.5, 0.6) is 0 Å². The van der Waals surface area contributed by atoms with Crippen LogP contribution in [0.1, 0.15) is 38.2 Å². The fourth-order valence-electron chi connectivity index (χ4n) is 1.81. The monoisotopic (exact) mass is 202 g/mol. The average Bonchev–Trinajstić information content (AvgIpc) is 2.28. The lowest BCUT2D eigenvalue weighted by atomic mass is 9.96. The minimum Gasteiger partial charge on any atom is -0.103 e. The van der Waals surface area contributed by atoms with Gasteiger partial charge < -0.3 is 0 Å². The van der Waals surface area contributed by atoms with Crippen LogP contribution >= 0.6 is 0 Å². The Hall–Kier alpha value is -1.04. The molecule has 0 unspecified atom stereocenters. The second kappa shape index (κ2) is 7.28. The topological polar surface area (TPSA) is 0 Å². The molecule has 0 heteroatoms. The summed E-state index contributed by atoms with van der Waals surface area (Å²) in [5, 5.41) is 0. The summed E-state index contributed by atoms with van der Waals surface area (Å²) in [6, 6.07) is 10.8. The van der Waals surface area contributed by atoms with E-state index in [9.17, 15) is 0 Å². The van der Waals surface area contributed by atoms with E-state index in [0.29, 0.717) is 0 Å². The number of aryl methyl sites for hydroxylation is 1. The first kappa shape index (κ1) is 12.0. The zero-order chi connectivity index (χ0) is 10.9. The van der Waals surface area contributed by atoms with E-state index in [0.717, 1.165) is 12.3 Å². The van der Waals surface area contributed by atoms with Gasteiger partial charge in [0.1, 0.15) is 0 Å². The van der Waals surface area contributed by atoms with Gasteiger partial charge >= 0.3 is 0 Å². The molecule has 0 saturated carbocycles. The average molecular weight is 202 g/mol. The van der Waals surface area contributed by atoms with E-state index in [1.165, 1.54) is 31.2 Å². The van der Waals surface area contributed by atoms with Crippen molar-refractivity contribution in [2.45, 2.75) is 39.0 Å². The Bertz CT molecular complexity index is 261. The molecule has 0 radical (unpaired) electrons. The summed E-state index contributed by atoms with van der Waals surface area (Å²) in [7, 11) is 0. The molecule has 0 fully saturated rings. The van der Waals surface area contributed by atoms with Gasteiger partial charge in [0, 0.05) is 0 Å². The van der Waals surface area contributed by atoms with Crippen molar-refractivity contribution in [2.75, 3.05) is 0 Å². The summed E-state index contributed by atoms with van der Waals surface area (Å²) in [6.45, 7) is 6.10. The molecule has 0 aromatic heterocycles. The highest BCUT2D eigenvalue weighted by Crippen LogP contribution is 2.15. The Labute approximate surface area is 94.0 Å². The highest BCUT2D eigenvalue weighted by Gasteiger charge is 2.01. The van der Waals surface area contributed by atoms with Gasteiger partial charge in [-0.25, -0.2) is 0 Å². The highest BCUT2D eigenvalue weighted by atomic mass is 14.1. The zero-order valence-corrected chi connectivity index (χ0v) is 9.78. The minimum atomic E-state index is 0.838. The van der Waals surface area contributed by atoms with E-state index >= 15 is 0 Å².